The molecule has 1 aromatic rings. The predicted molar refractivity (Wildman–Crippen MR) is 61.0 cm³/mol. The van der Waals surface area contributed by atoms with E-state index in [-0.39, 0.29) is 11.9 Å². The second-order valence-corrected chi connectivity index (χ2v) is 4.62. The number of morpholine rings is 1. The van der Waals surface area contributed by atoms with E-state index in [1.165, 1.54) is 0 Å². The molecular weight excluding hydrogens is 218 g/mol. The summed E-state index contributed by atoms with van der Waals surface area (Å²) in [5, 5.41) is 10.4. The third-order valence-corrected chi connectivity index (χ3v) is 3.58. The van der Waals surface area contributed by atoms with Crippen LogP contribution in [0.2, 0.25) is 0 Å². The average molecular weight is 233 g/mol. The zero-order valence-corrected chi connectivity index (χ0v) is 9.50. The van der Waals surface area contributed by atoms with Crippen LogP contribution in [-0.2, 0) is 15.3 Å². The maximum Gasteiger partial charge on any atom is 0.288 e. The van der Waals surface area contributed by atoms with Gasteiger partial charge in [0.15, 0.2) is 0 Å². The van der Waals surface area contributed by atoms with Crippen LogP contribution in [0.1, 0.15) is 18.4 Å². The molecule has 2 aliphatic heterocycles. The Bertz CT molecular complexity index is 434. The molecule has 1 amide bonds. The SMILES string of the molecule is O=C1N2CCCC2COC1(O)c1ccccc1. The number of hydrogen-bond donors (Lipinski definition) is 1. The highest BCUT2D eigenvalue weighted by molar-refractivity contribution is 5.86. The van der Waals surface area contributed by atoms with E-state index < -0.39 is 5.79 Å². The third kappa shape index (κ3) is 1.56. The van der Waals surface area contributed by atoms with Crippen molar-refractivity contribution in [3.05, 3.63) is 35.9 Å². The highest BCUT2D eigenvalue weighted by Gasteiger charge is 2.49. The van der Waals surface area contributed by atoms with E-state index in [0.29, 0.717) is 12.2 Å². The minimum Gasteiger partial charge on any atom is -0.354 e. The molecule has 2 aliphatic rings. The van der Waals surface area contributed by atoms with E-state index in [1.54, 1.807) is 29.2 Å². The van der Waals surface area contributed by atoms with E-state index >= 15 is 0 Å². The molecule has 0 radical (unpaired) electrons. The molecule has 17 heavy (non-hydrogen) atoms. The molecule has 0 spiro atoms. The molecule has 2 heterocycles. The van der Waals surface area contributed by atoms with Crippen LogP contribution in [0.5, 0.6) is 0 Å². The summed E-state index contributed by atoms with van der Waals surface area (Å²) < 4.78 is 5.44. The minimum absolute atomic E-state index is 0.145. The number of carbonyl (C=O) groups excluding carboxylic acids is 1. The first-order valence-corrected chi connectivity index (χ1v) is 5.95. The Morgan fingerprint density at radius 1 is 1.35 bits per heavy atom. The van der Waals surface area contributed by atoms with Crippen LogP contribution >= 0.6 is 0 Å². The van der Waals surface area contributed by atoms with Crippen LogP contribution < -0.4 is 0 Å². The van der Waals surface area contributed by atoms with Gasteiger partial charge in [-0.15, -0.1) is 0 Å². The lowest BCUT2D eigenvalue weighted by Crippen LogP contribution is -2.57. The van der Waals surface area contributed by atoms with Crippen molar-refractivity contribution in [1.29, 1.82) is 0 Å². The quantitative estimate of drug-likeness (QED) is 0.782. The number of hydrogen-bond acceptors (Lipinski definition) is 3. The van der Waals surface area contributed by atoms with E-state index in [0.717, 1.165) is 19.4 Å². The van der Waals surface area contributed by atoms with Crippen LogP contribution in [0.3, 0.4) is 0 Å². The van der Waals surface area contributed by atoms with Crippen LogP contribution in [0, 0.1) is 0 Å². The van der Waals surface area contributed by atoms with Crippen molar-refractivity contribution in [3.63, 3.8) is 0 Å². The molecule has 3 rings (SSSR count). The van der Waals surface area contributed by atoms with E-state index in [9.17, 15) is 9.90 Å². The Labute approximate surface area is 99.8 Å². The lowest BCUT2D eigenvalue weighted by Gasteiger charge is -2.40. The van der Waals surface area contributed by atoms with Gasteiger partial charge in [0.2, 0.25) is 0 Å². The fourth-order valence-corrected chi connectivity index (χ4v) is 2.62. The van der Waals surface area contributed by atoms with Crippen LogP contribution in [0.15, 0.2) is 30.3 Å². The Morgan fingerprint density at radius 2 is 2.12 bits per heavy atom. The van der Waals surface area contributed by atoms with Crippen molar-refractivity contribution in [2.45, 2.75) is 24.7 Å². The fraction of sp³-hybridized carbons (Fsp3) is 0.462. The number of carbonyl (C=O) groups is 1. The maximum absolute atomic E-state index is 12.3. The van der Waals surface area contributed by atoms with Gasteiger partial charge in [0.25, 0.3) is 11.7 Å². The Hall–Kier alpha value is -1.39. The number of amides is 1. The van der Waals surface area contributed by atoms with Gasteiger partial charge >= 0.3 is 0 Å². The summed E-state index contributed by atoms with van der Waals surface area (Å²) in [5.41, 5.74) is 0.510. The highest BCUT2D eigenvalue weighted by atomic mass is 16.6. The molecule has 2 unspecified atom stereocenters. The van der Waals surface area contributed by atoms with Crippen molar-refractivity contribution in [3.8, 4) is 0 Å². The van der Waals surface area contributed by atoms with Crippen LogP contribution in [0.25, 0.3) is 0 Å². The number of ether oxygens (including phenoxy) is 1. The maximum atomic E-state index is 12.3. The number of fused-ring (bicyclic) bond motifs is 1. The van der Waals surface area contributed by atoms with Gasteiger partial charge in [-0.2, -0.15) is 0 Å². The summed E-state index contributed by atoms with van der Waals surface area (Å²) in [5.74, 6) is -2.11. The van der Waals surface area contributed by atoms with E-state index in [2.05, 4.69) is 0 Å². The molecule has 2 saturated heterocycles. The zero-order chi connectivity index (χ0) is 11.9. The first kappa shape index (κ1) is 10.7. The molecule has 0 aliphatic carbocycles. The number of benzene rings is 1. The lowest BCUT2D eigenvalue weighted by molar-refractivity contribution is -0.245. The molecular formula is C13H15NO3. The third-order valence-electron chi connectivity index (χ3n) is 3.58. The summed E-state index contributed by atoms with van der Waals surface area (Å²) in [4.78, 5) is 14.0. The minimum atomic E-state index is -1.79. The van der Waals surface area contributed by atoms with Gasteiger partial charge < -0.3 is 14.7 Å². The molecule has 0 aromatic heterocycles. The first-order chi connectivity index (χ1) is 8.22. The molecule has 4 nitrogen and oxygen atoms in total. The number of rotatable bonds is 1. The second-order valence-electron chi connectivity index (χ2n) is 4.62. The second kappa shape index (κ2) is 3.82. The normalized spacial score (nSPS) is 32.6. The lowest BCUT2D eigenvalue weighted by atomic mass is 10.0. The summed E-state index contributed by atoms with van der Waals surface area (Å²) in [7, 11) is 0. The number of aliphatic hydroxyl groups is 1. The standard InChI is InChI=1S/C13H15NO3/c15-12-13(16,10-5-2-1-3-6-10)17-9-11-7-4-8-14(11)12/h1-3,5-6,11,16H,4,7-9H2. The van der Waals surface area contributed by atoms with Crippen molar-refractivity contribution in [1.82, 2.24) is 4.90 Å². The van der Waals surface area contributed by atoms with E-state index in [1.807, 2.05) is 6.07 Å². The molecule has 0 bridgehead atoms. The number of nitrogens with zero attached hydrogens (tertiary/aromatic N) is 1. The summed E-state index contributed by atoms with van der Waals surface area (Å²) >= 11 is 0. The van der Waals surface area contributed by atoms with Gasteiger partial charge in [0, 0.05) is 12.1 Å². The van der Waals surface area contributed by atoms with E-state index in [4.69, 9.17) is 4.74 Å². The molecule has 4 heteroatoms. The Morgan fingerprint density at radius 3 is 2.88 bits per heavy atom. The first-order valence-electron chi connectivity index (χ1n) is 5.95. The highest BCUT2D eigenvalue weighted by Crippen LogP contribution is 2.34. The summed E-state index contributed by atoms with van der Waals surface area (Å²) in [6, 6.07) is 9.01. The molecule has 90 valence electrons. The predicted octanol–water partition coefficient (Wildman–Crippen LogP) is 0.853. The molecule has 2 fully saturated rings. The van der Waals surface area contributed by atoms with Crippen molar-refractivity contribution < 1.29 is 14.6 Å². The Kier molecular flexibility index (Phi) is 2.42. The smallest absolute Gasteiger partial charge is 0.288 e. The summed E-state index contributed by atoms with van der Waals surface area (Å²) in [6.07, 6.45) is 1.96. The van der Waals surface area contributed by atoms with Gasteiger partial charge in [-0.3, -0.25) is 4.79 Å². The van der Waals surface area contributed by atoms with Gasteiger partial charge in [0.05, 0.1) is 12.6 Å². The zero-order valence-electron chi connectivity index (χ0n) is 9.50. The van der Waals surface area contributed by atoms with Gasteiger partial charge in [0.1, 0.15) is 0 Å². The Balaban J connectivity index is 1.95. The molecule has 0 saturated carbocycles. The van der Waals surface area contributed by atoms with Gasteiger partial charge in [-0.1, -0.05) is 30.3 Å². The van der Waals surface area contributed by atoms with Crippen molar-refractivity contribution in [2.75, 3.05) is 13.2 Å². The van der Waals surface area contributed by atoms with Gasteiger partial charge in [-0.05, 0) is 12.8 Å². The largest absolute Gasteiger partial charge is 0.354 e. The van der Waals surface area contributed by atoms with Crippen LogP contribution in [-0.4, -0.2) is 35.1 Å². The summed E-state index contributed by atoms with van der Waals surface area (Å²) in [6.45, 7) is 1.14. The topological polar surface area (TPSA) is 49.8 Å². The molecule has 1 N–H and O–H groups in total. The van der Waals surface area contributed by atoms with Crippen LogP contribution in [0.4, 0.5) is 0 Å². The van der Waals surface area contributed by atoms with Gasteiger partial charge in [-0.25, -0.2) is 0 Å². The van der Waals surface area contributed by atoms with Crippen molar-refractivity contribution in [2.24, 2.45) is 0 Å². The molecule has 2 atom stereocenters. The molecule has 1 aromatic carbocycles. The van der Waals surface area contributed by atoms with Crippen molar-refractivity contribution >= 4 is 5.91 Å². The average Bonchev–Trinajstić information content (AvgIpc) is 2.84. The fourth-order valence-electron chi connectivity index (χ4n) is 2.62. The monoisotopic (exact) mass is 233 g/mol.